The Kier molecular flexibility index (Phi) is 7.46. The normalized spacial score (nSPS) is 16.9. The molecule has 210 valence electrons. The first-order chi connectivity index (χ1) is 19.1. The largest absolute Gasteiger partial charge is 0.383 e. The molecular weight excluding hydrogens is 534 g/mol. The number of nitriles is 1. The summed E-state index contributed by atoms with van der Waals surface area (Å²) in [6, 6.07) is 9.31. The summed E-state index contributed by atoms with van der Waals surface area (Å²) in [5.74, 6) is 0. The second-order valence-corrected chi connectivity index (χ2v) is 11.9. The van der Waals surface area contributed by atoms with Gasteiger partial charge in [-0.05, 0) is 42.9 Å². The van der Waals surface area contributed by atoms with E-state index in [4.69, 9.17) is 11.6 Å². The van der Waals surface area contributed by atoms with Gasteiger partial charge >= 0.3 is 0 Å². The zero-order valence-electron chi connectivity index (χ0n) is 22.9. The quantitative estimate of drug-likeness (QED) is 0.240. The fourth-order valence-corrected chi connectivity index (χ4v) is 5.15. The Balaban J connectivity index is 1.58. The number of hydrogen-bond donors (Lipinski definition) is 4. The number of anilines is 2. The molecule has 2 aliphatic rings. The van der Waals surface area contributed by atoms with Crippen LogP contribution in [0, 0.1) is 16.7 Å². The van der Waals surface area contributed by atoms with Gasteiger partial charge in [0.05, 0.1) is 33.5 Å². The zero-order chi connectivity index (χ0) is 28.7. The number of nitrogens with one attached hydrogen (secondary N) is 4. The maximum Gasteiger partial charge on any atom is 0.262 e. The Labute approximate surface area is 237 Å². The summed E-state index contributed by atoms with van der Waals surface area (Å²) in [7, 11) is 0. The van der Waals surface area contributed by atoms with Gasteiger partial charge in [-0.15, -0.1) is 5.53 Å². The van der Waals surface area contributed by atoms with Gasteiger partial charge in [0, 0.05) is 47.5 Å². The predicted molar refractivity (Wildman–Crippen MR) is 154 cm³/mol. The van der Waals surface area contributed by atoms with Gasteiger partial charge in [-0.25, -0.2) is 8.78 Å². The summed E-state index contributed by atoms with van der Waals surface area (Å²) in [5.41, 5.74) is 9.60. The van der Waals surface area contributed by atoms with Crippen LogP contribution in [-0.4, -0.2) is 33.5 Å². The smallest absolute Gasteiger partial charge is 0.262 e. The maximum atomic E-state index is 13.9. The molecule has 40 heavy (non-hydrogen) atoms. The number of halogens is 3. The monoisotopic (exact) mass is 566 g/mol. The van der Waals surface area contributed by atoms with E-state index in [1.807, 2.05) is 25.1 Å². The fourth-order valence-electron chi connectivity index (χ4n) is 4.88. The third kappa shape index (κ3) is 5.36. The molecule has 4 N–H and O–H groups in total. The van der Waals surface area contributed by atoms with E-state index < -0.39 is 18.0 Å². The van der Waals surface area contributed by atoms with Crippen LogP contribution < -0.4 is 21.6 Å². The van der Waals surface area contributed by atoms with E-state index in [-0.39, 0.29) is 5.41 Å². The molecule has 8 nitrogen and oxygen atoms in total. The summed E-state index contributed by atoms with van der Waals surface area (Å²) < 4.78 is 27.7. The highest BCUT2D eigenvalue weighted by molar-refractivity contribution is 6.35. The van der Waals surface area contributed by atoms with Crippen molar-refractivity contribution in [1.82, 2.24) is 25.9 Å². The molecular formula is C29H33ClF2N8. The van der Waals surface area contributed by atoms with Crippen molar-refractivity contribution in [1.29, 1.82) is 5.26 Å². The lowest BCUT2D eigenvalue weighted by molar-refractivity contribution is 0.00911. The van der Waals surface area contributed by atoms with E-state index in [1.165, 1.54) is 11.2 Å². The molecule has 11 heteroatoms. The summed E-state index contributed by atoms with van der Waals surface area (Å²) >= 11 is 6.73. The molecule has 3 heterocycles. The molecule has 5 rings (SSSR count). The summed E-state index contributed by atoms with van der Waals surface area (Å²) in [6.07, 6.45) is 4.01. The average molecular weight is 567 g/mol. The number of pyridine rings is 2. The standard InChI is InChI=1S/C29H33ClF2N8/c1-5-22-19(7-6-10-34-22)26(23-15-40(39-38-23)29(8-9-29)27(31)32)37-18-11-20-24(36-16-28(2,3)4)17(13-33)14-35-25(20)21(30)12-18/h6-7,10-12,14-15,26-27,37-39H,5,8-9,16H2,1-4H3,(H,35,36)/t26-/m0/s1. The molecule has 1 aromatic carbocycles. The predicted octanol–water partition coefficient (Wildman–Crippen LogP) is 6.29. The third-order valence-electron chi connectivity index (χ3n) is 7.27. The number of aromatic nitrogens is 2. The Morgan fingerprint density at radius 2 is 2.02 bits per heavy atom. The van der Waals surface area contributed by atoms with Crippen molar-refractivity contribution in [2.45, 2.75) is 65.0 Å². The van der Waals surface area contributed by atoms with Gasteiger partial charge in [-0.3, -0.25) is 15.0 Å². The highest BCUT2D eigenvalue weighted by atomic mass is 35.5. The van der Waals surface area contributed by atoms with Crippen molar-refractivity contribution in [3.8, 4) is 6.07 Å². The number of hydrogen-bond acceptors (Lipinski definition) is 8. The second-order valence-electron chi connectivity index (χ2n) is 11.5. The average Bonchev–Trinajstić information content (AvgIpc) is 3.60. The highest BCUT2D eigenvalue weighted by Gasteiger charge is 2.56. The van der Waals surface area contributed by atoms with E-state index in [0.29, 0.717) is 64.4 Å². The summed E-state index contributed by atoms with van der Waals surface area (Å²) in [4.78, 5) is 9.02. The van der Waals surface area contributed by atoms with Gasteiger partial charge < -0.3 is 16.1 Å². The first-order valence-electron chi connectivity index (χ1n) is 13.3. The van der Waals surface area contributed by atoms with Crippen molar-refractivity contribution in [3.63, 3.8) is 0 Å². The molecule has 1 aliphatic carbocycles. The van der Waals surface area contributed by atoms with Gasteiger partial charge in [0.1, 0.15) is 11.6 Å². The number of nitrogens with zero attached hydrogens (tertiary/aromatic N) is 4. The van der Waals surface area contributed by atoms with Crippen molar-refractivity contribution in [3.05, 3.63) is 70.4 Å². The number of hydrazine groups is 2. The van der Waals surface area contributed by atoms with Crippen molar-refractivity contribution >= 4 is 33.9 Å². The maximum absolute atomic E-state index is 13.9. The number of rotatable bonds is 9. The molecule has 1 aliphatic heterocycles. The molecule has 3 aromatic rings. The molecule has 0 amide bonds. The topological polar surface area (TPSA) is 101 Å². The lowest BCUT2D eigenvalue weighted by atomic mass is 9.96. The molecule has 0 saturated heterocycles. The van der Waals surface area contributed by atoms with Gasteiger partial charge in [-0.1, -0.05) is 45.4 Å². The molecule has 1 fully saturated rings. The Morgan fingerprint density at radius 3 is 2.67 bits per heavy atom. The molecule has 0 radical (unpaired) electrons. The van der Waals surface area contributed by atoms with E-state index in [1.54, 1.807) is 18.5 Å². The van der Waals surface area contributed by atoms with Crippen LogP contribution in [0.1, 0.15) is 63.4 Å². The minimum atomic E-state index is -2.48. The molecule has 1 saturated carbocycles. The molecule has 0 unspecified atom stereocenters. The molecule has 1 atom stereocenters. The number of fused-ring (bicyclic) bond motifs is 1. The fraction of sp³-hybridized carbons (Fsp3) is 0.414. The first-order valence-corrected chi connectivity index (χ1v) is 13.7. The van der Waals surface area contributed by atoms with Gasteiger partial charge in [-0.2, -0.15) is 5.26 Å². The van der Waals surface area contributed by atoms with E-state index in [0.717, 1.165) is 11.3 Å². The van der Waals surface area contributed by atoms with Crippen LogP contribution in [0.15, 0.2) is 48.6 Å². The Bertz CT molecular complexity index is 1490. The van der Waals surface area contributed by atoms with E-state index >= 15 is 0 Å². The van der Waals surface area contributed by atoms with Crippen LogP contribution in [0.2, 0.25) is 5.02 Å². The van der Waals surface area contributed by atoms with Crippen LogP contribution in [0.25, 0.3) is 10.9 Å². The summed E-state index contributed by atoms with van der Waals surface area (Å²) in [5, 5.41) is 19.4. The minimum Gasteiger partial charge on any atom is -0.383 e. The SMILES string of the molecule is CCc1ncccc1[C@H](Nc1cc(Cl)c2ncc(C#N)c(NCC(C)(C)C)c2c1)C1=CN(C2(C(F)F)CC2)NN1. The van der Waals surface area contributed by atoms with Crippen LogP contribution in [-0.2, 0) is 6.42 Å². The summed E-state index contributed by atoms with van der Waals surface area (Å²) in [6.45, 7) is 8.99. The van der Waals surface area contributed by atoms with Crippen molar-refractivity contribution in [2.24, 2.45) is 5.41 Å². The van der Waals surface area contributed by atoms with Gasteiger partial charge in [0.2, 0.25) is 0 Å². The highest BCUT2D eigenvalue weighted by Crippen LogP contribution is 2.47. The van der Waals surface area contributed by atoms with Gasteiger partial charge in [0.15, 0.2) is 0 Å². The Morgan fingerprint density at radius 1 is 1.25 bits per heavy atom. The Hall–Kier alpha value is -3.68. The molecule has 2 aromatic heterocycles. The minimum absolute atomic E-state index is 0.0272. The second kappa shape index (κ2) is 10.7. The van der Waals surface area contributed by atoms with Crippen LogP contribution >= 0.6 is 11.6 Å². The van der Waals surface area contributed by atoms with Gasteiger partial charge in [0.25, 0.3) is 6.43 Å². The zero-order valence-corrected chi connectivity index (χ0v) is 23.7. The molecule has 0 bridgehead atoms. The lowest BCUT2D eigenvalue weighted by Gasteiger charge is -2.25. The van der Waals surface area contributed by atoms with Crippen LogP contribution in [0.5, 0.6) is 0 Å². The van der Waals surface area contributed by atoms with Crippen molar-refractivity contribution < 1.29 is 8.78 Å². The number of aryl methyl sites for hydroxylation is 1. The third-order valence-corrected chi connectivity index (χ3v) is 7.56. The van der Waals surface area contributed by atoms with E-state index in [9.17, 15) is 14.0 Å². The lowest BCUT2D eigenvalue weighted by Crippen LogP contribution is -2.48. The molecule has 0 spiro atoms. The van der Waals surface area contributed by atoms with E-state index in [2.05, 4.69) is 58.4 Å². The first kappa shape index (κ1) is 27.9. The number of alkyl halides is 2. The van der Waals surface area contributed by atoms with Crippen LogP contribution in [0.3, 0.4) is 0 Å². The van der Waals surface area contributed by atoms with Crippen molar-refractivity contribution in [2.75, 3.05) is 17.2 Å². The van der Waals surface area contributed by atoms with Crippen LogP contribution in [0.4, 0.5) is 20.2 Å². The number of benzene rings is 1.